The molecular weight excluding hydrogens is 350 g/mol. The Morgan fingerprint density at radius 2 is 1.75 bits per heavy atom. The van der Waals surface area contributed by atoms with Crippen molar-refractivity contribution in [2.24, 2.45) is 7.05 Å². The van der Waals surface area contributed by atoms with E-state index in [1.165, 1.54) is 24.9 Å². The van der Waals surface area contributed by atoms with Crippen LogP contribution < -0.4 is 10.2 Å². The minimum atomic E-state index is 0.795. The molecule has 0 atom stereocenters. The number of hydrogen-bond donors (Lipinski definition) is 1. The van der Waals surface area contributed by atoms with Crippen LogP contribution in [0.1, 0.15) is 19.3 Å². The van der Waals surface area contributed by atoms with Gasteiger partial charge in [0, 0.05) is 55.0 Å². The fourth-order valence-electron chi connectivity index (χ4n) is 3.76. The summed E-state index contributed by atoms with van der Waals surface area (Å²) in [5, 5.41) is 12.1. The molecule has 1 aromatic carbocycles. The van der Waals surface area contributed by atoms with E-state index in [0.29, 0.717) is 0 Å². The van der Waals surface area contributed by atoms with Gasteiger partial charge < -0.3 is 10.2 Å². The molecule has 1 fully saturated rings. The largest absolute Gasteiger partial charge is 0.372 e. The van der Waals surface area contributed by atoms with E-state index in [9.17, 15) is 0 Å². The minimum Gasteiger partial charge on any atom is -0.372 e. The molecule has 0 amide bonds. The summed E-state index contributed by atoms with van der Waals surface area (Å²) in [6.07, 6.45) is 11.5. The molecule has 0 spiro atoms. The Hall–Kier alpha value is -3.35. The molecule has 4 aromatic rings. The van der Waals surface area contributed by atoms with Crippen LogP contribution in [-0.4, -0.2) is 37.5 Å². The second-order valence-electron chi connectivity index (χ2n) is 7.26. The zero-order chi connectivity index (χ0) is 18.9. The number of fused-ring (bicyclic) bond motifs is 1. The number of aryl methyl sites for hydroxylation is 1. The highest BCUT2D eigenvalue weighted by atomic mass is 15.3. The number of aromatic nitrogens is 5. The highest BCUT2D eigenvalue weighted by molar-refractivity contribution is 5.77. The molecule has 5 rings (SSSR count). The normalized spacial score (nSPS) is 14.5. The summed E-state index contributed by atoms with van der Waals surface area (Å²) in [6, 6.07) is 10.5. The van der Waals surface area contributed by atoms with Gasteiger partial charge in [-0.05, 0) is 49.6 Å². The van der Waals surface area contributed by atoms with Crippen LogP contribution in [0.4, 0.5) is 17.2 Å². The fraction of sp³-hybridized carbons (Fsp3) is 0.286. The topological polar surface area (TPSA) is 63.3 Å². The summed E-state index contributed by atoms with van der Waals surface area (Å²) in [5.74, 6) is 0.795. The lowest BCUT2D eigenvalue weighted by atomic mass is 10.1. The van der Waals surface area contributed by atoms with Crippen molar-refractivity contribution in [3.63, 3.8) is 0 Å². The van der Waals surface area contributed by atoms with E-state index in [1.54, 1.807) is 9.20 Å². The molecule has 0 aliphatic carbocycles. The Morgan fingerprint density at radius 3 is 2.50 bits per heavy atom. The molecule has 1 saturated heterocycles. The molecule has 4 heterocycles. The standard InChI is InChI=1S/C21H23N7/c1-26-15-16(13-22-26)19-14-23-28-12-9-20(25-21(19)28)24-17-5-7-18(8-6-17)27-10-3-2-4-11-27/h5-9,12-15H,2-4,10-11H2,1H3,(H,24,25). The smallest absolute Gasteiger partial charge is 0.165 e. The van der Waals surface area contributed by atoms with Gasteiger partial charge in [0.1, 0.15) is 5.82 Å². The second kappa shape index (κ2) is 6.99. The van der Waals surface area contributed by atoms with Gasteiger partial charge in [-0.25, -0.2) is 9.50 Å². The maximum absolute atomic E-state index is 4.77. The van der Waals surface area contributed by atoms with Crippen LogP contribution in [-0.2, 0) is 7.05 Å². The first-order chi connectivity index (χ1) is 13.8. The Morgan fingerprint density at radius 1 is 0.929 bits per heavy atom. The second-order valence-corrected chi connectivity index (χ2v) is 7.26. The van der Waals surface area contributed by atoms with Crippen LogP contribution in [0.3, 0.4) is 0 Å². The Balaban J connectivity index is 1.39. The average Bonchev–Trinajstić information content (AvgIpc) is 3.35. The van der Waals surface area contributed by atoms with Crippen LogP contribution in [0.5, 0.6) is 0 Å². The first-order valence-electron chi connectivity index (χ1n) is 9.72. The van der Waals surface area contributed by atoms with Crippen LogP contribution in [0, 0.1) is 0 Å². The first-order valence-corrected chi connectivity index (χ1v) is 9.72. The summed E-state index contributed by atoms with van der Waals surface area (Å²) in [7, 11) is 1.91. The van der Waals surface area contributed by atoms with Gasteiger partial charge in [-0.1, -0.05) is 0 Å². The molecule has 0 bridgehead atoms. The molecule has 1 N–H and O–H groups in total. The average molecular weight is 373 g/mol. The van der Waals surface area contributed by atoms with Gasteiger partial charge in [0.25, 0.3) is 0 Å². The zero-order valence-corrected chi connectivity index (χ0v) is 15.9. The molecular formula is C21H23N7. The Bertz CT molecular complexity index is 1090. The summed E-state index contributed by atoms with van der Waals surface area (Å²) in [5.41, 5.74) is 5.11. The number of piperidine rings is 1. The summed E-state index contributed by atoms with van der Waals surface area (Å²) in [6.45, 7) is 2.31. The van der Waals surface area contributed by atoms with Crippen molar-refractivity contribution < 1.29 is 0 Å². The Kier molecular flexibility index (Phi) is 4.20. The van der Waals surface area contributed by atoms with E-state index in [0.717, 1.165) is 41.4 Å². The predicted molar refractivity (Wildman–Crippen MR) is 111 cm³/mol. The number of anilines is 3. The number of hydrogen-bond acceptors (Lipinski definition) is 5. The van der Waals surface area contributed by atoms with E-state index in [-0.39, 0.29) is 0 Å². The SMILES string of the molecule is Cn1cc(-c2cnn3ccc(Nc4ccc(N5CCCCC5)cc4)nc23)cn1. The number of benzene rings is 1. The fourth-order valence-corrected chi connectivity index (χ4v) is 3.76. The molecule has 28 heavy (non-hydrogen) atoms. The van der Waals surface area contributed by atoms with E-state index < -0.39 is 0 Å². The highest BCUT2D eigenvalue weighted by Crippen LogP contribution is 2.26. The first kappa shape index (κ1) is 16.8. The highest BCUT2D eigenvalue weighted by Gasteiger charge is 2.12. The summed E-state index contributed by atoms with van der Waals surface area (Å²) in [4.78, 5) is 7.23. The summed E-state index contributed by atoms with van der Waals surface area (Å²) < 4.78 is 3.57. The lowest BCUT2D eigenvalue weighted by Gasteiger charge is -2.28. The van der Waals surface area contributed by atoms with Crippen molar-refractivity contribution in [2.45, 2.75) is 19.3 Å². The molecule has 0 unspecified atom stereocenters. The van der Waals surface area contributed by atoms with Crippen molar-refractivity contribution in [2.75, 3.05) is 23.3 Å². The van der Waals surface area contributed by atoms with Gasteiger partial charge in [0.2, 0.25) is 0 Å². The third kappa shape index (κ3) is 3.19. The van der Waals surface area contributed by atoms with Gasteiger partial charge in [-0.2, -0.15) is 10.2 Å². The van der Waals surface area contributed by atoms with Crippen LogP contribution in [0.25, 0.3) is 16.8 Å². The van der Waals surface area contributed by atoms with Gasteiger partial charge in [-0.3, -0.25) is 4.68 Å². The predicted octanol–water partition coefficient (Wildman–Crippen LogP) is 3.86. The van der Waals surface area contributed by atoms with Gasteiger partial charge in [0.15, 0.2) is 5.65 Å². The minimum absolute atomic E-state index is 0.795. The third-order valence-electron chi connectivity index (χ3n) is 5.25. The monoisotopic (exact) mass is 373 g/mol. The lowest BCUT2D eigenvalue weighted by Crippen LogP contribution is -2.29. The van der Waals surface area contributed by atoms with Crippen molar-refractivity contribution >= 4 is 22.8 Å². The maximum atomic E-state index is 4.77. The molecule has 0 saturated carbocycles. The number of nitrogens with zero attached hydrogens (tertiary/aromatic N) is 6. The molecule has 142 valence electrons. The zero-order valence-electron chi connectivity index (χ0n) is 15.9. The van der Waals surface area contributed by atoms with Gasteiger partial charge >= 0.3 is 0 Å². The molecule has 1 aliphatic rings. The third-order valence-corrected chi connectivity index (χ3v) is 5.25. The van der Waals surface area contributed by atoms with Crippen molar-refractivity contribution in [1.29, 1.82) is 0 Å². The van der Waals surface area contributed by atoms with Gasteiger partial charge in [-0.15, -0.1) is 0 Å². The van der Waals surface area contributed by atoms with Crippen molar-refractivity contribution in [3.05, 3.63) is 55.1 Å². The van der Waals surface area contributed by atoms with Gasteiger partial charge in [0.05, 0.1) is 12.4 Å². The van der Waals surface area contributed by atoms with E-state index in [2.05, 4.69) is 44.7 Å². The lowest BCUT2D eigenvalue weighted by molar-refractivity contribution is 0.578. The van der Waals surface area contributed by atoms with Crippen LogP contribution >= 0.6 is 0 Å². The Labute approximate surface area is 163 Å². The van der Waals surface area contributed by atoms with Crippen molar-refractivity contribution in [1.82, 2.24) is 24.4 Å². The van der Waals surface area contributed by atoms with E-state index >= 15 is 0 Å². The van der Waals surface area contributed by atoms with E-state index in [1.807, 2.05) is 37.9 Å². The van der Waals surface area contributed by atoms with Crippen LogP contribution in [0.15, 0.2) is 55.1 Å². The quantitative estimate of drug-likeness (QED) is 0.588. The maximum Gasteiger partial charge on any atom is 0.165 e. The molecule has 0 radical (unpaired) electrons. The molecule has 7 heteroatoms. The van der Waals surface area contributed by atoms with Crippen LogP contribution in [0.2, 0.25) is 0 Å². The number of nitrogens with one attached hydrogen (secondary N) is 1. The molecule has 1 aliphatic heterocycles. The number of rotatable bonds is 4. The van der Waals surface area contributed by atoms with E-state index in [4.69, 9.17) is 4.98 Å². The molecule has 3 aromatic heterocycles. The van der Waals surface area contributed by atoms with Crippen molar-refractivity contribution in [3.8, 4) is 11.1 Å². The molecule has 7 nitrogen and oxygen atoms in total. The summed E-state index contributed by atoms with van der Waals surface area (Å²) >= 11 is 0.